The fraction of sp³-hybridized carbons (Fsp3) is 0.154. The van der Waals surface area contributed by atoms with Crippen molar-refractivity contribution in [3.05, 3.63) is 93.4 Å². The van der Waals surface area contributed by atoms with Crippen molar-refractivity contribution in [2.45, 2.75) is 26.9 Å². The van der Waals surface area contributed by atoms with Gasteiger partial charge in [-0.1, -0.05) is 0 Å². The molecule has 0 aliphatic heterocycles. The number of pyridine rings is 3. The largest absolute Gasteiger partial charge is 0.438 e. The van der Waals surface area contributed by atoms with Crippen molar-refractivity contribution >= 4 is 10.9 Å². The first-order valence-corrected chi connectivity index (χ1v) is 11.2. The molecule has 1 N–H and O–H groups in total. The normalized spacial score (nSPS) is 11.8. The van der Waals surface area contributed by atoms with Gasteiger partial charge in [0, 0.05) is 30.2 Å². The first-order valence-electron chi connectivity index (χ1n) is 11.2. The van der Waals surface area contributed by atoms with E-state index in [0.717, 1.165) is 18.2 Å². The number of alkyl halides is 3. The first kappa shape index (κ1) is 25.1. The molecule has 38 heavy (non-hydrogen) atoms. The van der Waals surface area contributed by atoms with E-state index in [1.165, 1.54) is 32.4 Å². The van der Waals surface area contributed by atoms with Crippen LogP contribution in [0.3, 0.4) is 0 Å². The lowest BCUT2D eigenvalue weighted by atomic mass is 10.0. The Kier molecular flexibility index (Phi) is 5.97. The van der Waals surface area contributed by atoms with Crippen molar-refractivity contribution in [1.82, 2.24) is 24.5 Å². The van der Waals surface area contributed by atoms with Crippen molar-refractivity contribution in [2.24, 2.45) is 0 Å². The fourth-order valence-electron chi connectivity index (χ4n) is 4.16. The SMILES string of the molecule is Cc1cn(-c2nccc3[nH]c(-c4c(Oc5ccc(F)c(F)c5C)ncc(C(F)(F)F)c4C)cc(=O)c23)cn1. The third kappa shape index (κ3) is 4.27. The molecule has 5 aromatic rings. The molecule has 0 radical (unpaired) electrons. The first-order chi connectivity index (χ1) is 18.0. The highest BCUT2D eigenvalue weighted by atomic mass is 19.4. The quantitative estimate of drug-likeness (QED) is 0.282. The Morgan fingerprint density at radius 1 is 1.00 bits per heavy atom. The molecule has 0 unspecified atom stereocenters. The Balaban J connectivity index is 1.74. The van der Waals surface area contributed by atoms with E-state index < -0.39 is 28.8 Å². The number of hydrogen-bond acceptors (Lipinski definition) is 5. The van der Waals surface area contributed by atoms with Crippen molar-refractivity contribution < 1.29 is 26.7 Å². The highest BCUT2D eigenvalue weighted by Crippen LogP contribution is 2.41. The van der Waals surface area contributed by atoms with E-state index >= 15 is 0 Å². The summed E-state index contributed by atoms with van der Waals surface area (Å²) in [6.07, 6.45) is 0.432. The third-order valence-corrected chi connectivity index (χ3v) is 6.05. The number of aryl methyl sites for hydroxylation is 1. The van der Waals surface area contributed by atoms with Crippen LogP contribution in [0.25, 0.3) is 28.0 Å². The van der Waals surface area contributed by atoms with E-state index in [9.17, 15) is 26.7 Å². The standard InChI is InChI=1S/C26H18F5N5O2/c1-12-10-36(11-34-12)24-22-17(6-7-32-24)35-18(8-19(22)37)21-13(2)15(26(29,30)31)9-33-25(21)38-20-5-4-16(27)23(28)14(20)3/h4-11H,1-3H3,(H,35,37). The number of benzene rings is 1. The molecule has 0 atom stereocenters. The number of nitrogens with one attached hydrogen (secondary N) is 1. The molecular formula is C26H18F5N5O2. The zero-order valence-electron chi connectivity index (χ0n) is 20.1. The number of H-pyrrole nitrogens is 1. The zero-order valence-corrected chi connectivity index (χ0v) is 20.1. The van der Waals surface area contributed by atoms with Gasteiger partial charge in [0.05, 0.1) is 33.4 Å². The number of aromatic nitrogens is 5. The molecule has 0 saturated heterocycles. The second-order valence-corrected chi connectivity index (χ2v) is 8.59. The van der Waals surface area contributed by atoms with Gasteiger partial charge in [0.1, 0.15) is 12.1 Å². The van der Waals surface area contributed by atoms with E-state index in [4.69, 9.17) is 4.74 Å². The predicted octanol–water partition coefficient (Wildman–Crippen LogP) is 6.19. The van der Waals surface area contributed by atoms with Gasteiger partial charge in [-0.3, -0.25) is 9.36 Å². The van der Waals surface area contributed by atoms with E-state index in [1.54, 1.807) is 17.7 Å². The minimum absolute atomic E-state index is 0.0206. The molecule has 0 spiro atoms. The van der Waals surface area contributed by atoms with Gasteiger partial charge >= 0.3 is 6.18 Å². The molecule has 0 aliphatic rings. The number of rotatable bonds is 4. The molecular weight excluding hydrogens is 509 g/mol. The molecule has 1 aromatic carbocycles. The summed E-state index contributed by atoms with van der Waals surface area (Å²) in [6.45, 7) is 4.23. The summed E-state index contributed by atoms with van der Waals surface area (Å²) in [5, 5.41) is 0.185. The fourth-order valence-corrected chi connectivity index (χ4v) is 4.16. The molecule has 4 heterocycles. The van der Waals surface area contributed by atoms with Crippen LogP contribution in [-0.2, 0) is 6.18 Å². The summed E-state index contributed by atoms with van der Waals surface area (Å²) >= 11 is 0. The zero-order chi connectivity index (χ0) is 27.4. The molecule has 0 saturated carbocycles. The van der Waals surface area contributed by atoms with Gasteiger partial charge in [-0.2, -0.15) is 13.2 Å². The number of hydrogen-bond donors (Lipinski definition) is 1. The molecule has 7 nitrogen and oxygen atoms in total. The van der Waals surface area contributed by atoms with Crippen LogP contribution in [0, 0.1) is 32.4 Å². The van der Waals surface area contributed by atoms with Crippen molar-refractivity contribution in [3.63, 3.8) is 0 Å². The van der Waals surface area contributed by atoms with E-state index in [-0.39, 0.29) is 50.7 Å². The Morgan fingerprint density at radius 3 is 2.45 bits per heavy atom. The summed E-state index contributed by atoms with van der Waals surface area (Å²) in [7, 11) is 0. The maximum atomic E-state index is 14.1. The molecule has 12 heteroatoms. The summed E-state index contributed by atoms with van der Waals surface area (Å²) < 4.78 is 76.3. The van der Waals surface area contributed by atoms with Crippen molar-refractivity contribution in [1.29, 1.82) is 0 Å². The van der Waals surface area contributed by atoms with Gasteiger partial charge in [0.25, 0.3) is 0 Å². The maximum absolute atomic E-state index is 14.1. The van der Waals surface area contributed by atoms with Crippen LogP contribution in [-0.4, -0.2) is 24.5 Å². The Hall–Kier alpha value is -4.61. The van der Waals surface area contributed by atoms with Gasteiger partial charge < -0.3 is 9.72 Å². The number of ether oxygens (including phenoxy) is 1. The molecule has 0 fully saturated rings. The van der Waals surface area contributed by atoms with Crippen LogP contribution in [0.5, 0.6) is 11.6 Å². The van der Waals surface area contributed by atoms with Crippen LogP contribution in [0.15, 0.2) is 54.0 Å². The average Bonchev–Trinajstić information content (AvgIpc) is 3.29. The summed E-state index contributed by atoms with van der Waals surface area (Å²) in [5.74, 6) is -2.48. The molecule has 0 aliphatic carbocycles. The second-order valence-electron chi connectivity index (χ2n) is 8.59. The lowest BCUT2D eigenvalue weighted by Crippen LogP contribution is -2.12. The lowest BCUT2D eigenvalue weighted by Gasteiger charge is -2.18. The van der Waals surface area contributed by atoms with Crippen LogP contribution >= 0.6 is 0 Å². The maximum Gasteiger partial charge on any atom is 0.418 e. The predicted molar refractivity (Wildman–Crippen MR) is 128 cm³/mol. The summed E-state index contributed by atoms with van der Waals surface area (Å²) in [4.78, 5) is 28.5. The van der Waals surface area contributed by atoms with Crippen LogP contribution in [0.2, 0.25) is 0 Å². The second kappa shape index (κ2) is 9.05. The average molecular weight is 527 g/mol. The molecule has 4 aromatic heterocycles. The van der Waals surface area contributed by atoms with Gasteiger partial charge in [-0.25, -0.2) is 23.7 Å². The van der Waals surface area contributed by atoms with Gasteiger partial charge in [-0.05, 0) is 44.5 Å². The van der Waals surface area contributed by atoms with Gasteiger partial charge in [0.2, 0.25) is 5.88 Å². The van der Waals surface area contributed by atoms with Gasteiger partial charge in [0.15, 0.2) is 22.9 Å². The lowest BCUT2D eigenvalue weighted by molar-refractivity contribution is -0.138. The number of nitrogens with zero attached hydrogens (tertiary/aromatic N) is 4. The topological polar surface area (TPSA) is 85.7 Å². The summed E-state index contributed by atoms with van der Waals surface area (Å²) in [6, 6.07) is 4.59. The molecule has 5 rings (SSSR count). The van der Waals surface area contributed by atoms with E-state index in [1.807, 2.05) is 0 Å². The molecule has 194 valence electrons. The highest BCUT2D eigenvalue weighted by Gasteiger charge is 2.35. The van der Waals surface area contributed by atoms with E-state index in [0.29, 0.717) is 11.9 Å². The molecule has 0 amide bonds. The monoisotopic (exact) mass is 527 g/mol. The Bertz CT molecular complexity index is 1780. The molecule has 0 bridgehead atoms. The van der Waals surface area contributed by atoms with Crippen LogP contribution in [0.4, 0.5) is 22.0 Å². The Labute approximate surface area is 211 Å². The van der Waals surface area contributed by atoms with Gasteiger partial charge in [-0.15, -0.1) is 0 Å². The van der Waals surface area contributed by atoms with Crippen LogP contribution in [0.1, 0.15) is 22.4 Å². The number of aromatic amines is 1. The minimum atomic E-state index is -4.75. The Morgan fingerprint density at radius 2 is 1.76 bits per heavy atom. The number of halogens is 5. The smallest absolute Gasteiger partial charge is 0.418 e. The number of imidazole rings is 1. The minimum Gasteiger partial charge on any atom is -0.438 e. The van der Waals surface area contributed by atoms with E-state index in [2.05, 4.69) is 19.9 Å². The third-order valence-electron chi connectivity index (χ3n) is 6.05. The highest BCUT2D eigenvalue weighted by molar-refractivity contribution is 5.88. The van der Waals surface area contributed by atoms with Crippen LogP contribution < -0.4 is 10.2 Å². The summed E-state index contributed by atoms with van der Waals surface area (Å²) in [5.41, 5.74) is -1.27. The van der Waals surface area contributed by atoms with Crippen molar-refractivity contribution in [3.8, 4) is 28.7 Å². The van der Waals surface area contributed by atoms with Crippen molar-refractivity contribution in [2.75, 3.05) is 0 Å². The number of fused-ring (bicyclic) bond motifs is 1.